The first kappa shape index (κ1) is 24.4. The summed E-state index contributed by atoms with van der Waals surface area (Å²) in [6.45, 7) is 2.51. The van der Waals surface area contributed by atoms with Crippen molar-refractivity contribution in [1.29, 1.82) is 0 Å². The molecular formula is C28H26BrCl2NO3. The van der Waals surface area contributed by atoms with Gasteiger partial charge in [-0.15, -0.1) is 0 Å². The Kier molecular flexibility index (Phi) is 6.93. The molecule has 7 heteroatoms. The first-order valence-electron chi connectivity index (χ1n) is 11.5. The van der Waals surface area contributed by atoms with Crippen LogP contribution in [0.5, 0.6) is 17.2 Å². The number of methoxy groups -OCH3 is 2. The van der Waals surface area contributed by atoms with Gasteiger partial charge in [0.05, 0.1) is 40.5 Å². The molecule has 3 atom stereocenters. The Labute approximate surface area is 224 Å². The van der Waals surface area contributed by atoms with E-state index in [2.05, 4.69) is 58.5 Å². The maximum absolute atomic E-state index is 6.16. The van der Waals surface area contributed by atoms with E-state index in [0.29, 0.717) is 40.0 Å². The van der Waals surface area contributed by atoms with Crippen LogP contribution in [0.4, 0.5) is 5.69 Å². The van der Waals surface area contributed by atoms with E-state index in [1.807, 2.05) is 18.2 Å². The lowest BCUT2D eigenvalue weighted by molar-refractivity contribution is 0.282. The fourth-order valence-corrected chi connectivity index (χ4v) is 6.11. The molecule has 0 aromatic heterocycles. The molecule has 3 aromatic rings. The number of hydrogen-bond acceptors (Lipinski definition) is 4. The average molecular weight is 575 g/mol. The zero-order valence-electron chi connectivity index (χ0n) is 19.7. The van der Waals surface area contributed by atoms with Crippen LogP contribution in [0.15, 0.2) is 59.1 Å². The van der Waals surface area contributed by atoms with Crippen LogP contribution in [0.25, 0.3) is 0 Å². The zero-order chi connectivity index (χ0) is 24.7. The molecule has 0 unspecified atom stereocenters. The van der Waals surface area contributed by atoms with Crippen LogP contribution in [-0.2, 0) is 6.61 Å². The number of aryl methyl sites for hydroxylation is 1. The van der Waals surface area contributed by atoms with Gasteiger partial charge in [0.25, 0.3) is 0 Å². The molecule has 4 nitrogen and oxygen atoms in total. The first-order valence-corrected chi connectivity index (χ1v) is 13.0. The highest BCUT2D eigenvalue weighted by molar-refractivity contribution is 9.10. The highest BCUT2D eigenvalue weighted by Gasteiger charge is 2.40. The fourth-order valence-electron chi connectivity index (χ4n) is 5.21. The number of benzene rings is 3. The van der Waals surface area contributed by atoms with Crippen molar-refractivity contribution in [3.63, 3.8) is 0 Å². The number of rotatable bonds is 6. The van der Waals surface area contributed by atoms with Crippen molar-refractivity contribution in [2.75, 3.05) is 19.5 Å². The van der Waals surface area contributed by atoms with Gasteiger partial charge < -0.3 is 19.5 Å². The maximum atomic E-state index is 6.16. The van der Waals surface area contributed by atoms with Gasteiger partial charge in [-0.1, -0.05) is 47.5 Å². The third-order valence-corrected chi connectivity index (χ3v) is 8.23. The second-order valence-electron chi connectivity index (χ2n) is 8.92. The summed E-state index contributed by atoms with van der Waals surface area (Å²) in [7, 11) is 3.38. The Morgan fingerprint density at radius 2 is 1.80 bits per heavy atom. The number of fused-ring (bicyclic) bond motifs is 3. The van der Waals surface area contributed by atoms with Crippen LogP contribution in [0.1, 0.15) is 40.6 Å². The van der Waals surface area contributed by atoms with Crippen LogP contribution < -0.4 is 19.5 Å². The normalized spacial score (nSPS) is 20.1. The van der Waals surface area contributed by atoms with E-state index < -0.39 is 0 Å². The molecule has 0 fully saturated rings. The van der Waals surface area contributed by atoms with Crippen LogP contribution in [-0.4, -0.2) is 14.2 Å². The van der Waals surface area contributed by atoms with Gasteiger partial charge >= 0.3 is 0 Å². The summed E-state index contributed by atoms with van der Waals surface area (Å²) >= 11 is 15.9. The van der Waals surface area contributed by atoms with E-state index in [4.69, 9.17) is 37.4 Å². The van der Waals surface area contributed by atoms with Crippen LogP contribution >= 0.6 is 39.1 Å². The van der Waals surface area contributed by atoms with Crippen LogP contribution in [0.3, 0.4) is 0 Å². The lowest BCUT2D eigenvalue weighted by atomic mass is 9.75. The molecule has 0 radical (unpaired) electrons. The van der Waals surface area contributed by atoms with E-state index in [-0.39, 0.29) is 6.04 Å². The van der Waals surface area contributed by atoms with Crippen molar-refractivity contribution in [3.8, 4) is 17.2 Å². The predicted molar refractivity (Wildman–Crippen MR) is 146 cm³/mol. The molecule has 1 aliphatic carbocycles. The summed E-state index contributed by atoms with van der Waals surface area (Å²) in [6.07, 6.45) is 5.64. The summed E-state index contributed by atoms with van der Waals surface area (Å²) in [6, 6.07) is 13.9. The smallest absolute Gasteiger partial charge is 0.175 e. The van der Waals surface area contributed by atoms with Crippen LogP contribution in [0, 0.1) is 12.8 Å². The molecule has 1 aliphatic heterocycles. The second-order valence-corrected chi connectivity index (χ2v) is 10.6. The van der Waals surface area contributed by atoms with Crippen molar-refractivity contribution < 1.29 is 14.2 Å². The van der Waals surface area contributed by atoms with Gasteiger partial charge in [0.1, 0.15) is 12.4 Å². The van der Waals surface area contributed by atoms with Gasteiger partial charge in [-0.2, -0.15) is 0 Å². The van der Waals surface area contributed by atoms with E-state index in [0.717, 1.165) is 33.5 Å². The molecule has 0 spiro atoms. The maximum Gasteiger partial charge on any atom is 0.175 e. The molecule has 0 saturated heterocycles. The molecule has 0 saturated carbocycles. The highest BCUT2D eigenvalue weighted by atomic mass is 79.9. The SMILES string of the molecule is COc1ccc(C)c2c1N[C@@H](c1cc(Br)c(OCc3ccc(Cl)c(Cl)c3)c(OC)c1)[C@H]1CC=C[C@@H]21. The number of nitrogens with one attached hydrogen (secondary N) is 1. The Balaban J connectivity index is 1.48. The molecule has 5 rings (SSSR count). The molecular weight excluding hydrogens is 549 g/mol. The number of hydrogen-bond donors (Lipinski definition) is 1. The standard InChI is InChI=1S/C28H26BrCl2NO3/c1-15-7-10-23(33-2)27-25(15)18-5-4-6-19(18)26(32-27)17-12-20(29)28(24(13-17)34-3)35-14-16-8-9-21(30)22(31)11-16/h4-5,7-13,18-19,26,32H,6,14H2,1-3H3/t18-,19+,26+/m1/s1. The minimum absolute atomic E-state index is 0.0903. The molecule has 1 N–H and O–H groups in total. The van der Waals surface area contributed by atoms with Gasteiger partial charge in [0.15, 0.2) is 11.5 Å². The van der Waals surface area contributed by atoms with Crippen molar-refractivity contribution in [2.45, 2.75) is 31.9 Å². The van der Waals surface area contributed by atoms with Gasteiger partial charge in [0.2, 0.25) is 0 Å². The van der Waals surface area contributed by atoms with Crippen molar-refractivity contribution in [2.24, 2.45) is 5.92 Å². The largest absolute Gasteiger partial charge is 0.495 e. The Bertz CT molecular complexity index is 1310. The summed E-state index contributed by atoms with van der Waals surface area (Å²) < 4.78 is 18.5. The van der Waals surface area contributed by atoms with Gasteiger partial charge in [-0.25, -0.2) is 0 Å². The highest BCUT2D eigenvalue weighted by Crippen LogP contribution is 2.54. The van der Waals surface area contributed by atoms with Crippen molar-refractivity contribution in [1.82, 2.24) is 0 Å². The van der Waals surface area contributed by atoms with E-state index >= 15 is 0 Å². The molecule has 35 heavy (non-hydrogen) atoms. The quantitative estimate of drug-likeness (QED) is 0.300. The van der Waals surface area contributed by atoms with Gasteiger partial charge in [0, 0.05) is 5.92 Å². The molecule has 3 aromatic carbocycles. The Hall–Kier alpha value is -2.34. The molecule has 0 amide bonds. The molecule has 182 valence electrons. The van der Waals surface area contributed by atoms with E-state index in [1.165, 1.54) is 11.1 Å². The zero-order valence-corrected chi connectivity index (χ0v) is 22.8. The van der Waals surface area contributed by atoms with Crippen LogP contribution in [0.2, 0.25) is 10.0 Å². The number of ether oxygens (including phenoxy) is 3. The predicted octanol–water partition coefficient (Wildman–Crippen LogP) is 8.49. The van der Waals surface area contributed by atoms with Crippen molar-refractivity contribution >= 4 is 44.8 Å². The third-order valence-electron chi connectivity index (χ3n) is 6.90. The minimum atomic E-state index is 0.0903. The molecule has 0 bridgehead atoms. The van der Waals surface area contributed by atoms with Gasteiger partial charge in [-0.3, -0.25) is 0 Å². The topological polar surface area (TPSA) is 39.7 Å². The fraction of sp³-hybridized carbons (Fsp3) is 0.286. The minimum Gasteiger partial charge on any atom is -0.495 e. The Morgan fingerprint density at radius 3 is 2.54 bits per heavy atom. The number of allylic oxidation sites excluding steroid dienone is 2. The Morgan fingerprint density at radius 1 is 1.00 bits per heavy atom. The summed E-state index contributed by atoms with van der Waals surface area (Å²) in [4.78, 5) is 0. The monoisotopic (exact) mass is 573 g/mol. The average Bonchev–Trinajstić information content (AvgIpc) is 3.34. The van der Waals surface area contributed by atoms with Crippen molar-refractivity contribution in [3.05, 3.63) is 91.4 Å². The second kappa shape index (κ2) is 9.96. The van der Waals surface area contributed by atoms with Gasteiger partial charge in [-0.05, 0) is 87.8 Å². The number of anilines is 1. The molecule has 2 aliphatic rings. The molecule has 1 heterocycles. The van der Waals surface area contributed by atoms with E-state index in [1.54, 1.807) is 20.3 Å². The lowest BCUT2D eigenvalue weighted by Gasteiger charge is -2.39. The van der Waals surface area contributed by atoms with E-state index in [9.17, 15) is 0 Å². The first-order chi connectivity index (χ1) is 16.9. The lowest BCUT2D eigenvalue weighted by Crippen LogP contribution is -2.30. The number of halogens is 3. The summed E-state index contributed by atoms with van der Waals surface area (Å²) in [5.74, 6) is 2.91. The summed E-state index contributed by atoms with van der Waals surface area (Å²) in [5.41, 5.74) is 5.72. The summed E-state index contributed by atoms with van der Waals surface area (Å²) in [5, 5.41) is 4.83. The third kappa shape index (κ3) is 4.50.